The lowest BCUT2D eigenvalue weighted by Crippen LogP contribution is -2.44. The van der Waals surface area contributed by atoms with Crippen LogP contribution in [-0.2, 0) is 4.79 Å². The number of nitrogens with zero attached hydrogens (tertiary/aromatic N) is 1. The third-order valence-electron chi connectivity index (χ3n) is 2.79. The van der Waals surface area contributed by atoms with Crippen LogP contribution in [0.4, 0.5) is 5.00 Å². The fourth-order valence-electron chi connectivity index (χ4n) is 1.45. The fraction of sp³-hybridized carbons (Fsp3) is 0.455. The molecule has 2 N–H and O–H groups in total. The predicted octanol–water partition coefficient (Wildman–Crippen LogP) is 1.89. The van der Waals surface area contributed by atoms with Gasteiger partial charge in [0.15, 0.2) is 0 Å². The van der Waals surface area contributed by atoms with Gasteiger partial charge < -0.3 is 10.4 Å². The number of thiophene rings is 1. The summed E-state index contributed by atoms with van der Waals surface area (Å²) in [5.74, 6) is -1.96. The Kier molecular flexibility index (Phi) is 4.99. The lowest BCUT2D eigenvalue weighted by atomic mass is 9.99. The molecule has 1 aromatic heterocycles. The van der Waals surface area contributed by atoms with Gasteiger partial charge in [-0.2, -0.15) is 0 Å². The van der Waals surface area contributed by atoms with E-state index in [2.05, 4.69) is 5.32 Å². The number of aliphatic carboxylic acids is 1. The second-order valence-electron chi connectivity index (χ2n) is 4.11. The maximum Gasteiger partial charge on any atom is 0.326 e. The molecule has 8 heteroatoms. The SMILES string of the molecule is CCC(C)C(NC(=O)c1csc([N+](=O)[O-])c1)C(=O)O. The van der Waals surface area contributed by atoms with Crippen LogP contribution in [0.2, 0.25) is 0 Å². The molecule has 0 aliphatic carbocycles. The smallest absolute Gasteiger partial charge is 0.326 e. The molecule has 0 saturated heterocycles. The molecule has 7 nitrogen and oxygen atoms in total. The Morgan fingerprint density at radius 2 is 2.21 bits per heavy atom. The normalized spacial score (nSPS) is 13.6. The van der Waals surface area contributed by atoms with Crippen LogP contribution in [-0.4, -0.2) is 27.9 Å². The van der Waals surface area contributed by atoms with Gasteiger partial charge >= 0.3 is 11.0 Å². The van der Waals surface area contributed by atoms with Crippen molar-refractivity contribution in [3.05, 3.63) is 27.1 Å². The minimum atomic E-state index is -1.12. The molecule has 0 aromatic carbocycles. The Morgan fingerprint density at radius 3 is 2.63 bits per heavy atom. The van der Waals surface area contributed by atoms with E-state index in [9.17, 15) is 19.7 Å². The van der Waals surface area contributed by atoms with Gasteiger partial charge in [0, 0.05) is 11.4 Å². The van der Waals surface area contributed by atoms with E-state index >= 15 is 0 Å². The third-order valence-corrected chi connectivity index (χ3v) is 3.67. The van der Waals surface area contributed by atoms with Crippen molar-refractivity contribution in [3.63, 3.8) is 0 Å². The Morgan fingerprint density at radius 1 is 1.58 bits per heavy atom. The summed E-state index contributed by atoms with van der Waals surface area (Å²) in [4.78, 5) is 32.8. The van der Waals surface area contributed by atoms with Gasteiger partial charge in [0.2, 0.25) is 0 Å². The summed E-state index contributed by atoms with van der Waals surface area (Å²) in [5, 5.41) is 23.1. The maximum absolute atomic E-state index is 11.8. The first-order chi connectivity index (χ1) is 8.86. The number of carboxylic acid groups (broad SMARTS) is 1. The monoisotopic (exact) mass is 286 g/mol. The first kappa shape index (κ1) is 15.1. The zero-order valence-electron chi connectivity index (χ0n) is 10.5. The largest absolute Gasteiger partial charge is 0.480 e. The molecule has 1 amide bonds. The van der Waals surface area contributed by atoms with Crippen LogP contribution in [0.1, 0.15) is 30.6 Å². The van der Waals surface area contributed by atoms with Crippen LogP contribution in [0.3, 0.4) is 0 Å². The highest BCUT2D eigenvalue weighted by atomic mass is 32.1. The van der Waals surface area contributed by atoms with Crippen LogP contribution in [0.15, 0.2) is 11.4 Å². The highest BCUT2D eigenvalue weighted by Gasteiger charge is 2.26. The molecule has 1 aromatic rings. The fourth-order valence-corrected chi connectivity index (χ4v) is 2.15. The third kappa shape index (κ3) is 3.75. The molecule has 0 aliphatic rings. The lowest BCUT2D eigenvalue weighted by Gasteiger charge is -2.19. The summed E-state index contributed by atoms with van der Waals surface area (Å²) in [5.41, 5.74) is 0.103. The molecule has 104 valence electrons. The summed E-state index contributed by atoms with van der Waals surface area (Å²) in [7, 11) is 0. The van der Waals surface area contributed by atoms with Crippen molar-refractivity contribution in [1.29, 1.82) is 0 Å². The van der Waals surface area contributed by atoms with Gasteiger partial charge in [-0.1, -0.05) is 31.6 Å². The van der Waals surface area contributed by atoms with Crippen LogP contribution in [0.25, 0.3) is 0 Å². The van der Waals surface area contributed by atoms with E-state index in [4.69, 9.17) is 5.11 Å². The van der Waals surface area contributed by atoms with Gasteiger partial charge in [-0.15, -0.1) is 0 Å². The van der Waals surface area contributed by atoms with Gasteiger partial charge in [0.05, 0.1) is 10.5 Å². The van der Waals surface area contributed by atoms with Crippen molar-refractivity contribution in [2.75, 3.05) is 0 Å². The van der Waals surface area contributed by atoms with Crippen molar-refractivity contribution in [3.8, 4) is 0 Å². The molecule has 1 heterocycles. The van der Waals surface area contributed by atoms with Gasteiger partial charge in [0.1, 0.15) is 6.04 Å². The highest BCUT2D eigenvalue weighted by molar-refractivity contribution is 7.13. The molecule has 2 unspecified atom stereocenters. The molecule has 2 atom stereocenters. The molecule has 0 spiro atoms. The minimum absolute atomic E-state index is 0.103. The van der Waals surface area contributed by atoms with E-state index in [1.54, 1.807) is 6.92 Å². The molecule has 0 radical (unpaired) electrons. The van der Waals surface area contributed by atoms with Gasteiger partial charge in [-0.05, 0) is 5.92 Å². The molecule has 19 heavy (non-hydrogen) atoms. The molecule has 0 bridgehead atoms. The summed E-state index contributed by atoms with van der Waals surface area (Å²) in [6.45, 7) is 3.54. The van der Waals surface area contributed by atoms with Crippen molar-refractivity contribution in [1.82, 2.24) is 5.32 Å². The molecule has 0 fully saturated rings. The van der Waals surface area contributed by atoms with Gasteiger partial charge in [-0.25, -0.2) is 4.79 Å². The zero-order valence-corrected chi connectivity index (χ0v) is 11.3. The number of nitro groups is 1. The summed E-state index contributed by atoms with van der Waals surface area (Å²) in [6.07, 6.45) is 0.598. The highest BCUT2D eigenvalue weighted by Crippen LogP contribution is 2.22. The number of nitrogens with one attached hydrogen (secondary N) is 1. The van der Waals surface area contributed by atoms with Crippen molar-refractivity contribution < 1.29 is 19.6 Å². The van der Waals surface area contributed by atoms with E-state index in [1.165, 1.54) is 5.38 Å². The van der Waals surface area contributed by atoms with E-state index in [-0.39, 0.29) is 16.5 Å². The second kappa shape index (κ2) is 6.28. The Labute approximate surface area is 113 Å². The molecule has 1 rings (SSSR count). The lowest BCUT2D eigenvalue weighted by molar-refractivity contribution is -0.380. The molecular formula is C11H14N2O5S. The maximum atomic E-state index is 11.8. The number of carbonyl (C=O) groups is 2. The van der Waals surface area contributed by atoms with Crippen LogP contribution >= 0.6 is 11.3 Å². The summed E-state index contributed by atoms with van der Waals surface area (Å²) in [6, 6.07) is 0.131. The number of hydrogen-bond donors (Lipinski definition) is 2. The first-order valence-corrected chi connectivity index (χ1v) is 6.51. The van der Waals surface area contributed by atoms with Crippen molar-refractivity contribution in [2.45, 2.75) is 26.3 Å². The van der Waals surface area contributed by atoms with Crippen LogP contribution < -0.4 is 5.32 Å². The predicted molar refractivity (Wildman–Crippen MR) is 69.3 cm³/mol. The number of carbonyl (C=O) groups excluding carboxylic acids is 1. The topological polar surface area (TPSA) is 110 Å². The Balaban J connectivity index is 2.81. The van der Waals surface area contributed by atoms with Crippen LogP contribution in [0.5, 0.6) is 0 Å². The van der Waals surface area contributed by atoms with Gasteiger partial charge in [-0.3, -0.25) is 14.9 Å². The molecule has 0 aliphatic heterocycles. The van der Waals surface area contributed by atoms with Gasteiger partial charge in [0.25, 0.3) is 5.91 Å². The Bertz CT molecular complexity index is 499. The van der Waals surface area contributed by atoms with E-state index in [0.29, 0.717) is 6.42 Å². The van der Waals surface area contributed by atoms with Crippen molar-refractivity contribution in [2.24, 2.45) is 5.92 Å². The van der Waals surface area contributed by atoms with Crippen molar-refractivity contribution >= 4 is 28.2 Å². The number of hydrogen-bond acceptors (Lipinski definition) is 5. The molecular weight excluding hydrogens is 272 g/mol. The zero-order chi connectivity index (χ0) is 14.6. The summed E-state index contributed by atoms with van der Waals surface area (Å²) < 4.78 is 0. The molecule has 0 saturated carbocycles. The minimum Gasteiger partial charge on any atom is -0.480 e. The van der Waals surface area contributed by atoms with E-state index in [0.717, 1.165) is 17.4 Å². The van der Waals surface area contributed by atoms with E-state index in [1.807, 2.05) is 6.92 Å². The average Bonchev–Trinajstić information content (AvgIpc) is 2.84. The number of amides is 1. The average molecular weight is 286 g/mol. The summed E-state index contributed by atoms with van der Waals surface area (Å²) >= 11 is 0.828. The van der Waals surface area contributed by atoms with E-state index < -0.39 is 22.8 Å². The standard InChI is InChI=1S/C11H14N2O5S/c1-3-6(2)9(11(15)16)12-10(14)7-4-8(13(17)18)19-5-7/h4-6,9H,3H2,1-2H3,(H,12,14)(H,15,16). The quantitative estimate of drug-likeness (QED) is 0.613. The van der Waals surface area contributed by atoms with Crippen LogP contribution in [0, 0.1) is 16.0 Å². The number of rotatable bonds is 6. The number of carboxylic acids is 1. The second-order valence-corrected chi connectivity index (χ2v) is 5.00. The Hall–Kier alpha value is -1.96. The first-order valence-electron chi connectivity index (χ1n) is 5.63.